The molecule has 0 radical (unpaired) electrons. The van der Waals surface area contributed by atoms with Crippen molar-refractivity contribution in [3.05, 3.63) is 0 Å². The van der Waals surface area contributed by atoms with Crippen LogP contribution in [-0.4, -0.2) is 53.8 Å². The molecule has 2 rings (SSSR count). The quantitative estimate of drug-likeness (QED) is 0.740. The highest BCUT2D eigenvalue weighted by Crippen LogP contribution is 2.18. The normalized spacial score (nSPS) is 32.7. The highest BCUT2D eigenvalue weighted by molar-refractivity contribution is 7.99. The number of nitrogens with zero attached hydrogens (tertiary/aromatic N) is 2. The van der Waals surface area contributed by atoms with Crippen molar-refractivity contribution in [3.8, 4) is 0 Å². The number of amidine groups is 1. The summed E-state index contributed by atoms with van der Waals surface area (Å²) in [6.07, 6.45) is 0.791. The number of thioether (sulfide) groups is 1. The van der Waals surface area contributed by atoms with E-state index >= 15 is 0 Å². The van der Waals surface area contributed by atoms with Crippen LogP contribution in [0.1, 0.15) is 13.3 Å². The van der Waals surface area contributed by atoms with E-state index in [0.717, 1.165) is 24.6 Å². The van der Waals surface area contributed by atoms with Gasteiger partial charge in [-0.1, -0.05) is 6.92 Å². The molecule has 2 atom stereocenters. The molecule has 1 amide bonds. The van der Waals surface area contributed by atoms with Crippen LogP contribution in [0.3, 0.4) is 0 Å². The van der Waals surface area contributed by atoms with E-state index in [2.05, 4.69) is 22.3 Å². The van der Waals surface area contributed by atoms with Crippen LogP contribution in [0.4, 0.5) is 0 Å². The number of nitrogens with one attached hydrogen (secondary N) is 1. The summed E-state index contributed by atoms with van der Waals surface area (Å²) in [5.41, 5.74) is 0. The summed E-state index contributed by atoms with van der Waals surface area (Å²) in [4.78, 5) is 18.2. The SMILES string of the molecule is CCC1N=C(C2CSCCN2C)NC1=O. The van der Waals surface area contributed by atoms with E-state index in [1.54, 1.807) is 0 Å². The fourth-order valence-electron chi connectivity index (χ4n) is 1.89. The molecular formula is C10H17N3OS. The van der Waals surface area contributed by atoms with Crippen LogP contribution in [0.2, 0.25) is 0 Å². The van der Waals surface area contributed by atoms with Crippen molar-refractivity contribution in [3.63, 3.8) is 0 Å². The lowest BCUT2D eigenvalue weighted by molar-refractivity contribution is -0.120. The molecule has 84 valence electrons. The van der Waals surface area contributed by atoms with Gasteiger partial charge in [-0.25, -0.2) is 0 Å². The molecule has 5 heteroatoms. The van der Waals surface area contributed by atoms with Crippen molar-refractivity contribution >= 4 is 23.5 Å². The molecule has 0 saturated carbocycles. The maximum atomic E-state index is 11.5. The molecule has 1 N–H and O–H groups in total. The van der Waals surface area contributed by atoms with Gasteiger partial charge in [-0.15, -0.1) is 0 Å². The predicted octanol–water partition coefficient (Wildman–Crippen LogP) is 0.341. The van der Waals surface area contributed by atoms with Gasteiger partial charge in [0.2, 0.25) is 5.91 Å². The van der Waals surface area contributed by atoms with Crippen LogP contribution >= 0.6 is 11.8 Å². The molecule has 0 aromatic carbocycles. The molecular weight excluding hydrogens is 210 g/mol. The summed E-state index contributed by atoms with van der Waals surface area (Å²) in [5.74, 6) is 3.15. The molecule has 2 aliphatic rings. The van der Waals surface area contributed by atoms with Gasteiger partial charge in [-0.3, -0.25) is 14.7 Å². The average molecular weight is 227 g/mol. The van der Waals surface area contributed by atoms with Gasteiger partial charge in [0.1, 0.15) is 11.9 Å². The molecule has 1 fully saturated rings. The lowest BCUT2D eigenvalue weighted by Gasteiger charge is -2.31. The van der Waals surface area contributed by atoms with E-state index in [9.17, 15) is 4.79 Å². The van der Waals surface area contributed by atoms with Crippen molar-refractivity contribution in [1.29, 1.82) is 0 Å². The largest absolute Gasteiger partial charge is 0.311 e. The number of likely N-dealkylation sites (N-methyl/N-ethyl adjacent to an activating group) is 1. The van der Waals surface area contributed by atoms with Gasteiger partial charge in [0, 0.05) is 18.1 Å². The number of rotatable bonds is 2. The Hall–Kier alpha value is -0.550. The zero-order valence-corrected chi connectivity index (χ0v) is 10.0. The Morgan fingerprint density at radius 1 is 1.67 bits per heavy atom. The Balaban J connectivity index is 2.07. The highest BCUT2D eigenvalue weighted by atomic mass is 32.2. The van der Waals surface area contributed by atoms with Gasteiger partial charge in [0.25, 0.3) is 0 Å². The van der Waals surface area contributed by atoms with E-state index in [4.69, 9.17) is 0 Å². The monoisotopic (exact) mass is 227 g/mol. The first-order valence-corrected chi connectivity index (χ1v) is 6.54. The number of hydrogen-bond donors (Lipinski definition) is 1. The van der Waals surface area contributed by atoms with E-state index < -0.39 is 0 Å². The maximum Gasteiger partial charge on any atom is 0.250 e. The van der Waals surface area contributed by atoms with Crippen molar-refractivity contribution < 1.29 is 4.79 Å². The van der Waals surface area contributed by atoms with Crippen molar-refractivity contribution in [1.82, 2.24) is 10.2 Å². The molecule has 1 saturated heterocycles. The van der Waals surface area contributed by atoms with Gasteiger partial charge >= 0.3 is 0 Å². The smallest absolute Gasteiger partial charge is 0.250 e. The fraction of sp³-hybridized carbons (Fsp3) is 0.800. The summed E-state index contributed by atoms with van der Waals surface area (Å²) in [6, 6.07) is 0.143. The Bertz CT molecular complexity index is 292. The van der Waals surface area contributed by atoms with E-state index in [1.165, 1.54) is 5.75 Å². The second kappa shape index (κ2) is 4.53. The Morgan fingerprint density at radius 3 is 3.07 bits per heavy atom. The summed E-state index contributed by atoms with van der Waals surface area (Å²) < 4.78 is 0. The number of amides is 1. The molecule has 0 aromatic heterocycles. The third-order valence-corrected chi connectivity index (χ3v) is 3.97. The minimum absolute atomic E-state index is 0.0662. The molecule has 0 aliphatic carbocycles. The first-order chi connectivity index (χ1) is 7.22. The lowest BCUT2D eigenvalue weighted by atomic mass is 10.2. The molecule has 0 bridgehead atoms. The number of aliphatic imine (C=N–C) groups is 1. The van der Waals surface area contributed by atoms with E-state index in [1.807, 2.05) is 18.7 Å². The van der Waals surface area contributed by atoms with Gasteiger partial charge in [0.05, 0.1) is 6.04 Å². The third kappa shape index (κ3) is 2.18. The summed E-state index contributed by atoms with van der Waals surface area (Å²) in [7, 11) is 2.10. The van der Waals surface area contributed by atoms with Crippen molar-refractivity contribution in [2.24, 2.45) is 4.99 Å². The first kappa shape index (κ1) is 11.0. The van der Waals surface area contributed by atoms with Crippen LogP contribution < -0.4 is 5.32 Å². The Kier molecular flexibility index (Phi) is 3.31. The van der Waals surface area contributed by atoms with Crippen LogP contribution in [0.5, 0.6) is 0 Å². The van der Waals surface area contributed by atoms with Crippen LogP contribution in [-0.2, 0) is 4.79 Å². The minimum atomic E-state index is -0.152. The van der Waals surface area contributed by atoms with E-state index in [-0.39, 0.29) is 11.9 Å². The summed E-state index contributed by atoms with van der Waals surface area (Å²) >= 11 is 1.93. The van der Waals surface area contributed by atoms with Crippen LogP contribution in [0, 0.1) is 0 Å². The van der Waals surface area contributed by atoms with E-state index in [0.29, 0.717) is 6.04 Å². The number of hydrogen-bond acceptors (Lipinski definition) is 4. The van der Waals surface area contributed by atoms with Gasteiger partial charge in [-0.05, 0) is 13.5 Å². The standard InChI is InChI=1S/C10H17N3OS/c1-3-7-10(14)12-9(11-7)8-6-15-5-4-13(8)2/h7-8H,3-6H2,1-2H3,(H,11,12,14). The summed E-state index contributed by atoms with van der Waals surface area (Å²) in [6.45, 7) is 3.07. The number of carbonyl (C=O) groups is 1. The minimum Gasteiger partial charge on any atom is -0.311 e. The molecule has 2 unspecified atom stereocenters. The first-order valence-electron chi connectivity index (χ1n) is 5.39. The van der Waals surface area contributed by atoms with Gasteiger partial charge in [-0.2, -0.15) is 11.8 Å². The predicted molar refractivity (Wildman–Crippen MR) is 63.4 cm³/mol. The molecule has 15 heavy (non-hydrogen) atoms. The fourth-order valence-corrected chi connectivity index (χ4v) is 3.11. The molecule has 2 aliphatic heterocycles. The molecule has 0 aromatic rings. The molecule has 4 nitrogen and oxygen atoms in total. The third-order valence-electron chi connectivity index (χ3n) is 2.95. The zero-order valence-electron chi connectivity index (χ0n) is 9.19. The highest BCUT2D eigenvalue weighted by Gasteiger charge is 2.32. The molecule has 0 spiro atoms. The second-order valence-corrected chi connectivity index (χ2v) is 5.15. The molecule has 2 heterocycles. The van der Waals surface area contributed by atoms with Gasteiger partial charge < -0.3 is 5.32 Å². The summed E-state index contributed by atoms with van der Waals surface area (Å²) in [5, 5.41) is 2.91. The Labute approximate surface area is 94.5 Å². The topological polar surface area (TPSA) is 44.7 Å². The van der Waals surface area contributed by atoms with Crippen molar-refractivity contribution in [2.45, 2.75) is 25.4 Å². The maximum absolute atomic E-state index is 11.5. The van der Waals surface area contributed by atoms with Crippen LogP contribution in [0.25, 0.3) is 0 Å². The Morgan fingerprint density at radius 2 is 2.47 bits per heavy atom. The number of carbonyl (C=O) groups excluding carboxylic acids is 1. The van der Waals surface area contributed by atoms with Crippen molar-refractivity contribution in [2.75, 3.05) is 25.1 Å². The van der Waals surface area contributed by atoms with Crippen LogP contribution in [0.15, 0.2) is 4.99 Å². The zero-order chi connectivity index (χ0) is 10.8. The van der Waals surface area contributed by atoms with Gasteiger partial charge in [0.15, 0.2) is 0 Å². The average Bonchev–Trinajstić information content (AvgIpc) is 2.60. The lowest BCUT2D eigenvalue weighted by Crippen LogP contribution is -2.49. The second-order valence-electron chi connectivity index (χ2n) is 4.00.